The van der Waals surface area contributed by atoms with Gasteiger partial charge in [0, 0.05) is 14.1 Å². The molecule has 8 nitrogen and oxygen atoms in total. The van der Waals surface area contributed by atoms with Gasteiger partial charge in [-0.2, -0.15) is 15.0 Å². The van der Waals surface area contributed by atoms with E-state index in [4.69, 9.17) is 10.7 Å². The first-order chi connectivity index (χ1) is 15.2. The van der Waals surface area contributed by atoms with Crippen molar-refractivity contribution in [3.63, 3.8) is 0 Å². The van der Waals surface area contributed by atoms with Gasteiger partial charge in [-0.1, -0.05) is 36.0 Å². The van der Waals surface area contributed by atoms with Crippen LogP contribution in [0.3, 0.4) is 0 Å². The quantitative estimate of drug-likeness (QED) is 0.365. The Morgan fingerprint density at radius 3 is 2.53 bits per heavy atom. The number of nitrogens with zero attached hydrogens (tertiary/aromatic N) is 6. The van der Waals surface area contributed by atoms with Crippen molar-refractivity contribution < 1.29 is 0 Å². The molecule has 9 heteroatoms. The van der Waals surface area contributed by atoms with Gasteiger partial charge in [0.1, 0.15) is 5.82 Å². The van der Waals surface area contributed by atoms with E-state index in [9.17, 15) is 4.79 Å². The lowest BCUT2D eigenvalue weighted by molar-refractivity contribution is 0.801. The van der Waals surface area contributed by atoms with Crippen LogP contribution in [0, 0.1) is 13.8 Å². The summed E-state index contributed by atoms with van der Waals surface area (Å²) in [6.45, 7) is 5.96. The van der Waals surface area contributed by atoms with Gasteiger partial charge in [0.05, 0.1) is 21.8 Å². The fraction of sp³-hybridized carbons (Fsp3) is 0.261. The molecule has 0 unspecified atom stereocenters. The molecule has 0 spiro atoms. The molecule has 0 aliphatic rings. The van der Waals surface area contributed by atoms with Crippen molar-refractivity contribution in [1.82, 2.24) is 24.5 Å². The molecule has 1 atom stereocenters. The van der Waals surface area contributed by atoms with Gasteiger partial charge in [0.2, 0.25) is 11.9 Å². The maximum absolute atomic E-state index is 13.6. The van der Waals surface area contributed by atoms with E-state index in [0.717, 1.165) is 16.8 Å². The zero-order chi connectivity index (χ0) is 23.0. The highest BCUT2D eigenvalue weighted by Crippen LogP contribution is 2.34. The van der Waals surface area contributed by atoms with E-state index < -0.39 is 0 Å². The van der Waals surface area contributed by atoms with Gasteiger partial charge in [-0.15, -0.1) is 0 Å². The van der Waals surface area contributed by atoms with Crippen LogP contribution in [0.25, 0.3) is 16.6 Å². The SMILES string of the molecule is Cc1ccc(C)c(-n2c(S[C@H](C)c3nc(N)nc(N(C)C)n3)nc3ccccc3c2=O)c1. The van der Waals surface area contributed by atoms with Gasteiger partial charge >= 0.3 is 0 Å². The standard InChI is InChI=1S/C23H25N7OS/c1-13-10-11-14(2)18(12-13)30-20(31)16-8-6-7-9-17(16)25-23(30)32-15(3)19-26-21(24)28-22(27-19)29(4)5/h6-12,15H,1-5H3,(H2,24,26,27,28)/t15-/m1/s1. The minimum atomic E-state index is -0.219. The number of thioether (sulfide) groups is 1. The summed E-state index contributed by atoms with van der Waals surface area (Å²) < 4.78 is 1.68. The van der Waals surface area contributed by atoms with Crippen molar-refractivity contribution >= 4 is 34.6 Å². The van der Waals surface area contributed by atoms with E-state index in [0.29, 0.717) is 27.8 Å². The Balaban J connectivity index is 1.89. The monoisotopic (exact) mass is 447 g/mol. The normalized spacial score (nSPS) is 12.2. The number of anilines is 2. The molecule has 0 radical (unpaired) electrons. The fourth-order valence-electron chi connectivity index (χ4n) is 3.35. The number of para-hydroxylation sites is 1. The largest absolute Gasteiger partial charge is 0.368 e. The van der Waals surface area contributed by atoms with Crippen LogP contribution in [0.1, 0.15) is 29.1 Å². The third kappa shape index (κ3) is 4.16. The second-order valence-corrected chi connectivity index (χ2v) is 9.16. The van der Waals surface area contributed by atoms with E-state index in [1.165, 1.54) is 11.8 Å². The molecule has 0 saturated carbocycles. The smallest absolute Gasteiger partial charge is 0.266 e. The van der Waals surface area contributed by atoms with Gasteiger partial charge < -0.3 is 10.6 Å². The Labute approximate surface area is 190 Å². The fourth-order valence-corrected chi connectivity index (χ4v) is 4.32. The van der Waals surface area contributed by atoms with Crippen molar-refractivity contribution in [2.75, 3.05) is 24.7 Å². The van der Waals surface area contributed by atoms with Crippen LogP contribution in [-0.2, 0) is 0 Å². The highest BCUT2D eigenvalue weighted by atomic mass is 32.2. The number of hydrogen-bond donors (Lipinski definition) is 1. The summed E-state index contributed by atoms with van der Waals surface area (Å²) in [5.74, 6) is 1.17. The second kappa shape index (κ2) is 8.58. The summed E-state index contributed by atoms with van der Waals surface area (Å²) in [4.78, 5) is 33.2. The maximum atomic E-state index is 13.6. The molecular formula is C23H25N7OS. The molecule has 2 N–H and O–H groups in total. The number of aromatic nitrogens is 5. The first kappa shape index (κ1) is 21.8. The number of rotatable bonds is 5. The summed E-state index contributed by atoms with van der Waals surface area (Å²) in [5, 5.41) is 0.924. The van der Waals surface area contributed by atoms with Crippen LogP contribution in [0.15, 0.2) is 52.4 Å². The number of nitrogens with two attached hydrogens (primary N) is 1. The first-order valence-electron chi connectivity index (χ1n) is 10.2. The lowest BCUT2D eigenvalue weighted by Gasteiger charge is -2.18. The highest BCUT2D eigenvalue weighted by Gasteiger charge is 2.20. The third-order valence-electron chi connectivity index (χ3n) is 5.05. The average molecular weight is 448 g/mol. The van der Waals surface area contributed by atoms with Gasteiger partial charge in [0.25, 0.3) is 5.56 Å². The zero-order valence-electron chi connectivity index (χ0n) is 18.7. The summed E-state index contributed by atoms with van der Waals surface area (Å²) in [5.41, 5.74) is 9.32. The summed E-state index contributed by atoms with van der Waals surface area (Å²) in [6.07, 6.45) is 0. The number of nitrogen functional groups attached to an aromatic ring is 1. The van der Waals surface area contributed by atoms with Gasteiger partial charge in [-0.05, 0) is 50.1 Å². The molecule has 0 aliphatic carbocycles. The van der Waals surface area contributed by atoms with Crippen LogP contribution >= 0.6 is 11.8 Å². The number of aryl methyl sites for hydroxylation is 2. The molecule has 2 aromatic heterocycles. The lowest BCUT2D eigenvalue weighted by atomic mass is 10.1. The van der Waals surface area contributed by atoms with E-state index >= 15 is 0 Å². The van der Waals surface area contributed by atoms with Crippen LogP contribution < -0.4 is 16.2 Å². The third-order valence-corrected chi connectivity index (χ3v) is 6.10. The topological polar surface area (TPSA) is 103 Å². The van der Waals surface area contributed by atoms with Crippen molar-refractivity contribution in [3.05, 3.63) is 69.8 Å². The molecule has 0 bridgehead atoms. The molecule has 0 fully saturated rings. The summed E-state index contributed by atoms with van der Waals surface area (Å²) in [7, 11) is 3.69. The van der Waals surface area contributed by atoms with Crippen LogP contribution in [0.5, 0.6) is 0 Å². The van der Waals surface area contributed by atoms with E-state index in [-0.39, 0.29) is 16.8 Å². The summed E-state index contributed by atoms with van der Waals surface area (Å²) in [6, 6.07) is 13.4. The summed E-state index contributed by atoms with van der Waals surface area (Å²) >= 11 is 1.42. The Hall–Kier alpha value is -3.46. The Morgan fingerprint density at radius 1 is 1.03 bits per heavy atom. The van der Waals surface area contributed by atoms with Crippen molar-refractivity contribution in [2.45, 2.75) is 31.2 Å². The Kier molecular flexibility index (Phi) is 5.84. The molecule has 2 heterocycles. The minimum Gasteiger partial charge on any atom is -0.368 e. The lowest BCUT2D eigenvalue weighted by Crippen LogP contribution is -2.23. The Bertz CT molecular complexity index is 1370. The molecule has 4 rings (SSSR count). The van der Waals surface area contributed by atoms with E-state index in [1.807, 2.05) is 71.3 Å². The molecule has 0 aliphatic heterocycles. The molecule has 4 aromatic rings. The molecular weight excluding hydrogens is 422 g/mol. The van der Waals surface area contributed by atoms with Gasteiger partial charge in [-0.25, -0.2) is 4.98 Å². The molecule has 2 aromatic carbocycles. The highest BCUT2D eigenvalue weighted by molar-refractivity contribution is 7.99. The molecule has 32 heavy (non-hydrogen) atoms. The number of fused-ring (bicyclic) bond motifs is 1. The number of hydrogen-bond acceptors (Lipinski definition) is 8. The number of benzene rings is 2. The van der Waals surface area contributed by atoms with Crippen LogP contribution in [0.2, 0.25) is 0 Å². The predicted octanol–water partition coefficient (Wildman–Crippen LogP) is 3.69. The van der Waals surface area contributed by atoms with Crippen LogP contribution in [-0.4, -0.2) is 38.6 Å². The minimum absolute atomic E-state index is 0.108. The van der Waals surface area contributed by atoms with E-state index in [2.05, 4.69) is 15.0 Å². The van der Waals surface area contributed by atoms with E-state index in [1.54, 1.807) is 15.5 Å². The first-order valence-corrected chi connectivity index (χ1v) is 11.1. The molecule has 0 saturated heterocycles. The van der Waals surface area contributed by atoms with Gasteiger partial charge in [-0.3, -0.25) is 9.36 Å². The average Bonchev–Trinajstić information content (AvgIpc) is 2.75. The molecule has 164 valence electrons. The van der Waals surface area contributed by atoms with Crippen molar-refractivity contribution in [2.24, 2.45) is 0 Å². The van der Waals surface area contributed by atoms with Crippen molar-refractivity contribution in [3.8, 4) is 5.69 Å². The Morgan fingerprint density at radius 2 is 1.78 bits per heavy atom. The second-order valence-electron chi connectivity index (χ2n) is 7.85. The van der Waals surface area contributed by atoms with Crippen LogP contribution in [0.4, 0.5) is 11.9 Å². The zero-order valence-corrected chi connectivity index (χ0v) is 19.5. The maximum Gasteiger partial charge on any atom is 0.266 e. The van der Waals surface area contributed by atoms with Crippen molar-refractivity contribution in [1.29, 1.82) is 0 Å². The molecule has 0 amide bonds. The predicted molar refractivity (Wildman–Crippen MR) is 130 cm³/mol. The van der Waals surface area contributed by atoms with Gasteiger partial charge in [0.15, 0.2) is 5.16 Å².